The van der Waals surface area contributed by atoms with Crippen molar-refractivity contribution in [1.29, 1.82) is 0 Å². The number of hydrogen-bond acceptors (Lipinski definition) is 1. The molecule has 0 aliphatic heterocycles. The number of aliphatic hydroxyl groups is 1. The monoisotopic (exact) mass is 309 g/mol. The molecule has 0 heterocycles. The summed E-state index contributed by atoms with van der Waals surface area (Å²) in [5.74, 6) is 0. The smallest absolute Gasteiger partial charge is 1.00 e. The predicted molar refractivity (Wildman–Crippen MR) is 12.8 cm³/mol. The van der Waals surface area contributed by atoms with E-state index in [0.29, 0.717) is 0 Å². The Morgan fingerprint density at radius 3 is 1.14 bits per heavy atom. The molecule has 5 heteroatoms. The van der Waals surface area contributed by atoms with Crippen molar-refractivity contribution >= 4 is 0 Å². The van der Waals surface area contributed by atoms with Crippen LogP contribution < -0.4 is 37.2 Å². The molecule has 0 aliphatic carbocycles. The second-order valence-electron chi connectivity index (χ2n) is 0.316. The van der Waals surface area contributed by atoms with E-state index in [4.69, 9.17) is 5.11 Å². The van der Waals surface area contributed by atoms with E-state index in [-0.39, 0.29) is 83.8 Å². The first-order valence-corrected chi connectivity index (χ1v) is 1.02. The van der Waals surface area contributed by atoms with Crippen molar-refractivity contribution in [3.63, 3.8) is 0 Å². The van der Waals surface area contributed by atoms with Crippen LogP contribution in [0, 0.1) is 39.9 Å². The second kappa shape index (κ2) is 41.9. The van der Waals surface area contributed by atoms with Gasteiger partial charge < -0.3 is 42.3 Å². The van der Waals surface area contributed by atoms with Gasteiger partial charge in [0.25, 0.3) is 0 Å². The van der Waals surface area contributed by atoms with E-state index >= 15 is 0 Å². The molecule has 0 fully saturated rings. The molecule has 1 radical (unpaired) electrons. The standard InChI is InChI=1S/C2H6O.3ClH.Gd/c1-2-3;;;;/h3H,2H2,1H3;3*1H;/q;;;;+3/p-3. The average Bonchev–Trinajstić information content (AvgIpc) is 0.918. The van der Waals surface area contributed by atoms with Crippen molar-refractivity contribution in [2.75, 3.05) is 6.61 Å². The van der Waals surface area contributed by atoms with Crippen molar-refractivity contribution in [3.8, 4) is 0 Å². The SMILES string of the molecule is CCO.[Cl-].[Cl-].[Cl-].[Gd+3]. The van der Waals surface area contributed by atoms with Crippen LogP contribution in [0.15, 0.2) is 0 Å². The van der Waals surface area contributed by atoms with E-state index in [1.165, 1.54) is 0 Å². The molecule has 0 saturated carbocycles. The van der Waals surface area contributed by atoms with Crippen LogP contribution in [0.2, 0.25) is 0 Å². The third-order valence-electron chi connectivity index (χ3n) is 0. The fourth-order valence-corrected chi connectivity index (χ4v) is 0. The predicted octanol–water partition coefficient (Wildman–Crippen LogP) is -8.99. The molecule has 0 aliphatic rings. The molecule has 0 aromatic rings. The van der Waals surface area contributed by atoms with Crippen molar-refractivity contribution < 1.29 is 82.3 Å². The third kappa shape index (κ3) is 66.5. The number of hydrogen-bond donors (Lipinski definition) is 1. The van der Waals surface area contributed by atoms with E-state index in [1.807, 2.05) is 0 Å². The summed E-state index contributed by atoms with van der Waals surface area (Å²) in [6, 6.07) is 0. The van der Waals surface area contributed by atoms with Crippen molar-refractivity contribution in [2.24, 2.45) is 0 Å². The molecule has 0 unspecified atom stereocenters. The topological polar surface area (TPSA) is 20.2 Å². The first kappa shape index (κ1) is 35.3. The maximum absolute atomic E-state index is 7.57. The summed E-state index contributed by atoms with van der Waals surface area (Å²) in [6.45, 7) is 1.93. The van der Waals surface area contributed by atoms with Gasteiger partial charge in [0.2, 0.25) is 0 Å². The summed E-state index contributed by atoms with van der Waals surface area (Å²) >= 11 is 0. The molecule has 0 saturated heterocycles. The van der Waals surface area contributed by atoms with Gasteiger partial charge in [0.1, 0.15) is 0 Å². The summed E-state index contributed by atoms with van der Waals surface area (Å²) in [5.41, 5.74) is 0. The van der Waals surface area contributed by atoms with Crippen LogP contribution in [-0.2, 0) is 0 Å². The summed E-state index contributed by atoms with van der Waals surface area (Å²) in [5, 5.41) is 7.57. The molecule has 1 nitrogen and oxygen atoms in total. The van der Waals surface area contributed by atoms with Crippen LogP contribution in [-0.4, -0.2) is 11.7 Å². The van der Waals surface area contributed by atoms with Gasteiger partial charge in [0.15, 0.2) is 0 Å². The third-order valence-corrected chi connectivity index (χ3v) is 0. The normalized spacial score (nSPS) is 2.57. The molecule has 0 amide bonds. The number of halogens is 3. The fraction of sp³-hybridized carbons (Fsp3) is 1.00. The maximum Gasteiger partial charge on any atom is 3.00 e. The molecular weight excluding hydrogens is 304 g/mol. The Kier molecular flexibility index (Phi) is 211. The molecular formula is C2H6Cl3GdO. The Hall–Kier alpha value is 2.15. The van der Waals surface area contributed by atoms with Crippen molar-refractivity contribution in [2.45, 2.75) is 6.92 Å². The van der Waals surface area contributed by atoms with Gasteiger partial charge in [-0.3, -0.25) is 0 Å². The van der Waals surface area contributed by atoms with Gasteiger partial charge in [-0.1, -0.05) is 0 Å². The van der Waals surface area contributed by atoms with Crippen LogP contribution in [0.4, 0.5) is 0 Å². The second-order valence-corrected chi connectivity index (χ2v) is 0.316. The molecule has 7 heavy (non-hydrogen) atoms. The van der Waals surface area contributed by atoms with E-state index in [9.17, 15) is 0 Å². The first-order chi connectivity index (χ1) is 1.41. The van der Waals surface area contributed by atoms with E-state index < -0.39 is 0 Å². The zero-order valence-corrected chi connectivity index (χ0v) is 8.18. The van der Waals surface area contributed by atoms with Gasteiger partial charge >= 0.3 is 39.9 Å². The van der Waals surface area contributed by atoms with Crippen LogP contribution in [0.3, 0.4) is 0 Å². The van der Waals surface area contributed by atoms with Crippen molar-refractivity contribution in [3.05, 3.63) is 0 Å². The Morgan fingerprint density at radius 1 is 1.14 bits per heavy atom. The van der Waals surface area contributed by atoms with Crippen LogP contribution in [0.5, 0.6) is 0 Å². The first-order valence-electron chi connectivity index (χ1n) is 1.02. The summed E-state index contributed by atoms with van der Waals surface area (Å²) < 4.78 is 0. The van der Waals surface area contributed by atoms with Gasteiger partial charge in [0.05, 0.1) is 0 Å². The quantitative estimate of drug-likeness (QED) is 0.471. The molecule has 0 aromatic heterocycles. The van der Waals surface area contributed by atoms with Crippen molar-refractivity contribution in [1.82, 2.24) is 0 Å². The molecule has 0 bridgehead atoms. The maximum atomic E-state index is 7.57. The summed E-state index contributed by atoms with van der Waals surface area (Å²) in [7, 11) is 0. The molecule has 0 aromatic carbocycles. The fourth-order valence-electron chi connectivity index (χ4n) is 0. The summed E-state index contributed by atoms with van der Waals surface area (Å²) in [4.78, 5) is 0. The van der Waals surface area contributed by atoms with E-state index in [1.54, 1.807) is 6.92 Å². The Labute approximate surface area is 94.5 Å². The largest absolute Gasteiger partial charge is 3.00 e. The van der Waals surface area contributed by atoms with Gasteiger partial charge in [-0.15, -0.1) is 0 Å². The Morgan fingerprint density at radius 2 is 1.14 bits per heavy atom. The minimum absolute atomic E-state index is 0. The van der Waals surface area contributed by atoms with Gasteiger partial charge in [-0.2, -0.15) is 0 Å². The van der Waals surface area contributed by atoms with Gasteiger partial charge in [-0.05, 0) is 6.92 Å². The minimum atomic E-state index is 0. The average molecular weight is 310 g/mol. The molecule has 0 rings (SSSR count). The molecule has 1 N–H and O–H groups in total. The molecule has 0 spiro atoms. The zero-order valence-electron chi connectivity index (χ0n) is 3.64. The molecule has 0 atom stereocenters. The van der Waals surface area contributed by atoms with Crippen LogP contribution in [0.25, 0.3) is 0 Å². The van der Waals surface area contributed by atoms with E-state index in [0.717, 1.165) is 0 Å². The Bertz CT molecular complexity index is 12.9. The number of aliphatic hydroxyl groups excluding tert-OH is 1. The number of rotatable bonds is 0. The minimum Gasteiger partial charge on any atom is -1.00 e. The molecule has 49 valence electrons. The Balaban J connectivity index is -0.00000000333. The van der Waals surface area contributed by atoms with E-state index in [2.05, 4.69) is 0 Å². The van der Waals surface area contributed by atoms with Gasteiger partial charge in [-0.25, -0.2) is 0 Å². The summed E-state index contributed by atoms with van der Waals surface area (Å²) in [6.07, 6.45) is 0. The van der Waals surface area contributed by atoms with Crippen LogP contribution in [0.1, 0.15) is 6.92 Å². The zero-order chi connectivity index (χ0) is 2.71. The van der Waals surface area contributed by atoms with Gasteiger partial charge in [0, 0.05) is 6.61 Å². The van der Waals surface area contributed by atoms with Crippen LogP contribution >= 0.6 is 0 Å².